The van der Waals surface area contributed by atoms with Gasteiger partial charge in [-0.3, -0.25) is 0 Å². The molecule has 0 spiro atoms. The van der Waals surface area contributed by atoms with Crippen LogP contribution in [0.3, 0.4) is 0 Å². The number of nitrogen functional groups attached to an aromatic ring is 1. The second-order valence-corrected chi connectivity index (χ2v) is 6.36. The van der Waals surface area contributed by atoms with Crippen molar-refractivity contribution in [1.29, 1.82) is 0 Å². The van der Waals surface area contributed by atoms with Gasteiger partial charge < -0.3 is 5.73 Å². The van der Waals surface area contributed by atoms with E-state index in [9.17, 15) is 0 Å². The molecule has 0 radical (unpaired) electrons. The smallest absolute Gasteiger partial charge is 0.0314 e. The van der Waals surface area contributed by atoms with Crippen LogP contribution in [0.4, 0.5) is 5.69 Å². The van der Waals surface area contributed by atoms with Gasteiger partial charge in [-0.15, -0.1) is 0 Å². The summed E-state index contributed by atoms with van der Waals surface area (Å²) in [5, 5.41) is 0. The van der Waals surface area contributed by atoms with Gasteiger partial charge in [0.05, 0.1) is 0 Å². The number of nitrogens with two attached hydrogens (primary N) is 1. The maximum absolute atomic E-state index is 5.76. The highest BCUT2D eigenvalue weighted by atomic mass is 14.5. The zero-order valence-corrected chi connectivity index (χ0v) is 13.2. The van der Waals surface area contributed by atoms with Gasteiger partial charge in [0.15, 0.2) is 0 Å². The van der Waals surface area contributed by atoms with Crippen LogP contribution in [0.5, 0.6) is 0 Å². The van der Waals surface area contributed by atoms with Crippen LogP contribution >= 0.6 is 0 Å². The maximum atomic E-state index is 5.76. The van der Waals surface area contributed by atoms with Crippen LogP contribution in [-0.2, 0) is 12.8 Å². The van der Waals surface area contributed by atoms with Crippen molar-refractivity contribution in [3.63, 3.8) is 0 Å². The highest BCUT2D eigenvalue weighted by molar-refractivity contribution is 5.73. The number of benzene rings is 2. The third kappa shape index (κ3) is 2.85. The number of anilines is 1. The summed E-state index contributed by atoms with van der Waals surface area (Å²) in [5.74, 6) is 0.520. The molecule has 2 aromatic carbocycles. The lowest BCUT2D eigenvalue weighted by molar-refractivity contribution is 0.587. The Labute approximate surface area is 133 Å². The van der Waals surface area contributed by atoms with Crippen molar-refractivity contribution in [1.82, 2.24) is 0 Å². The number of rotatable bonds is 3. The molecule has 2 aromatic rings. The van der Waals surface area contributed by atoms with Crippen molar-refractivity contribution in [2.45, 2.75) is 26.2 Å². The van der Waals surface area contributed by atoms with Crippen molar-refractivity contribution in [3.8, 4) is 0 Å². The summed E-state index contributed by atoms with van der Waals surface area (Å²) in [4.78, 5) is 0. The first kappa shape index (κ1) is 14.6. The average Bonchev–Trinajstić information content (AvgIpc) is 2.52. The van der Waals surface area contributed by atoms with Crippen LogP contribution < -0.4 is 5.73 Å². The number of hydrogen-bond acceptors (Lipinski definition) is 1. The largest absolute Gasteiger partial charge is 0.399 e. The molecule has 0 aliphatic heterocycles. The summed E-state index contributed by atoms with van der Waals surface area (Å²) in [6.07, 6.45) is 3.33. The summed E-state index contributed by atoms with van der Waals surface area (Å²) >= 11 is 0. The molecule has 0 bridgehead atoms. The minimum Gasteiger partial charge on any atom is -0.399 e. The summed E-state index contributed by atoms with van der Waals surface area (Å²) in [7, 11) is 0. The Balaban J connectivity index is 1.82. The molecule has 0 aromatic heterocycles. The first-order valence-corrected chi connectivity index (χ1v) is 7.87. The minimum absolute atomic E-state index is 0.520. The topological polar surface area (TPSA) is 26.0 Å². The van der Waals surface area contributed by atoms with E-state index in [0.29, 0.717) is 5.92 Å². The van der Waals surface area contributed by atoms with Crippen molar-refractivity contribution in [2.75, 3.05) is 5.73 Å². The first-order valence-electron chi connectivity index (χ1n) is 7.87. The summed E-state index contributed by atoms with van der Waals surface area (Å²) in [6, 6.07) is 14.9. The Morgan fingerprint density at radius 2 is 1.91 bits per heavy atom. The van der Waals surface area contributed by atoms with Crippen molar-refractivity contribution >= 4 is 16.8 Å². The van der Waals surface area contributed by atoms with Gasteiger partial charge in [0.2, 0.25) is 0 Å². The molecule has 1 nitrogen and oxygen atoms in total. The van der Waals surface area contributed by atoms with Gasteiger partial charge in [-0.2, -0.15) is 0 Å². The number of hydrogen-bond donors (Lipinski definition) is 1. The van der Waals surface area contributed by atoms with Gasteiger partial charge >= 0.3 is 0 Å². The second-order valence-electron chi connectivity index (χ2n) is 6.36. The van der Waals surface area contributed by atoms with E-state index in [-0.39, 0.29) is 0 Å². The van der Waals surface area contributed by atoms with E-state index in [4.69, 9.17) is 5.73 Å². The normalized spacial score (nSPS) is 17.1. The van der Waals surface area contributed by atoms with E-state index in [1.807, 2.05) is 12.1 Å². The van der Waals surface area contributed by atoms with E-state index in [1.54, 1.807) is 0 Å². The molecular weight excluding hydrogens is 266 g/mol. The standard InChI is InChI=1S/C21H23N/c1-14(2)17-8-11-21-15(3)18(6-7-19(21)13-17)12-16-4-9-20(22)10-5-16/h4-5,8-11,13,18H,1,3,6-7,12,22H2,2H3. The Morgan fingerprint density at radius 3 is 2.59 bits per heavy atom. The molecule has 0 amide bonds. The van der Waals surface area contributed by atoms with Gasteiger partial charge in [0.1, 0.15) is 0 Å². The molecule has 0 fully saturated rings. The summed E-state index contributed by atoms with van der Waals surface area (Å²) in [6.45, 7) is 10.5. The van der Waals surface area contributed by atoms with Crippen molar-refractivity contribution in [3.05, 3.63) is 77.9 Å². The molecular formula is C21H23N. The number of allylic oxidation sites excluding steroid dienone is 2. The van der Waals surface area contributed by atoms with Crippen LogP contribution in [0.15, 0.2) is 55.6 Å². The number of fused-ring (bicyclic) bond motifs is 1. The van der Waals surface area contributed by atoms with Crippen LogP contribution in [0.2, 0.25) is 0 Å². The second kappa shape index (κ2) is 5.84. The predicted octanol–water partition coefficient (Wildman–Crippen LogP) is 5.12. The van der Waals surface area contributed by atoms with Crippen molar-refractivity contribution in [2.24, 2.45) is 5.92 Å². The Kier molecular flexibility index (Phi) is 3.89. The fourth-order valence-electron chi connectivity index (χ4n) is 3.27. The molecule has 2 N–H and O–H groups in total. The fourth-order valence-corrected chi connectivity index (χ4v) is 3.27. The Hall–Kier alpha value is -2.28. The molecule has 1 heteroatoms. The zero-order valence-electron chi connectivity index (χ0n) is 13.2. The highest BCUT2D eigenvalue weighted by Gasteiger charge is 2.22. The number of aryl methyl sites for hydroxylation is 1. The maximum Gasteiger partial charge on any atom is 0.0314 e. The van der Waals surface area contributed by atoms with Crippen LogP contribution in [-0.4, -0.2) is 0 Å². The molecule has 112 valence electrons. The van der Waals surface area contributed by atoms with E-state index >= 15 is 0 Å². The van der Waals surface area contributed by atoms with Crippen molar-refractivity contribution < 1.29 is 0 Å². The highest BCUT2D eigenvalue weighted by Crippen LogP contribution is 2.37. The molecule has 1 aliphatic rings. The summed E-state index contributed by atoms with van der Waals surface area (Å²) in [5.41, 5.74) is 14.3. The zero-order chi connectivity index (χ0) is 15.7. The van der Waals surface area contributed by atoms with Gasteiger partial charge in [-0.05, 0) is 72.1 Å². The quantitative estimate of drug-likeness (QED) is 0.780. The van der Waals surface area contributed by atoms with Crippen LogP contribution in [0.1, 0.15) is 35.6 Å². The fraction of sp³-hybridized carbons (Fsp3) is 0.238. The van der Waals surface area contributed by atoms with Gasteiger partial charge in [0.25, 0.3) is 0 Å². The Bertz CT molecular complexity index is 722. The van der Waals surface area contributed by atoms with E-state index in [2.05, 4.69) is 50.4 Å². The molecule has 1 aliphatic carbocycles. The minimum atomic E-state index is 0.520. The SMILES string of the molecule is C=C(C)c1ccc2c(c1)CCC(Cc1ccc(N)cc1)C2=C. The van der Waals surface area contributed by atoms with Crippen LogP contribution in [0.25, 0.3) is 11.1 Å². The monoisotopic (exact) mass is 289 g/mol. The van der Waals surface area contributed by atoms with Gasteiger partial charge in [-0.25, -0.2) is 0 Å². The average molecular weight is 289 g/mol. The third-order valence-electron chi connectivity index (χ3n) is 4.66. The molecule has 3 rings (SSSR count). The lowest BCUT2D eigenvalue weighted by Gasteiger charge is -2.28. The molecule has 0 saturated carbocycles. The van der Waals surface area contributed by atoms with E-state index < -0.39 is 0 Å². The lowest BCUT2D eigenvalue weighted by Crippen LogP contribution is -2.15. The van der Waals surface area contributed by atoms with Gasteiger partial charge in [-0.1, -0.05) is 49.1 Å². The predicted molar refractivity (Wildman–Crippen MR) is 96.6 cm³/mol. The molecule has 0 saturated heterocycles. The van der Waals surface area contributed by atoms with Gasteiger partial charge in [0, 0.05) is 5.69 Å². The van der Waals surface area contributed by atoms with E-state index in [1.165, 1.54) is 27.8 Å². The molecule has 1 unspecified atom stereocenters. The first-order chi connectivity index (χ1) is 10.5. The summed E-state index contributed by atoms with van der Waals surface area (Å²) < 4.78 is 0. The molecule has 22 heavy (non-hydrogen) atoms. The lowest BCUT2D eigenvalue weighted by atomic mass is 9.77. The molecule has 1 atom stereocenters. The Morgan fingerprint density at radius 1 is 1.18 bits per heavy atom. The van der Waals surface area contributed by atoms with E-state index in [0.717, 1.165) is 30.5 Å². The third-order valence-corrected chi connectivity index (χ3v) is 4.66. The molecule has 0 heterocycles. The van der Waals surface area contributed by atoms with Crippen LogP contribution in [0, 0.1) is 5.92 Å².